The average molecular weight is 283 g/mol. The molecule has 0 spiro atoms. The maximum Gasteiger partial charge on any atom is 0.416 e. The SMILES string of the molecule is CC(NC1CC2CCC1C2)c1cccc(C(F)(F)F)c1. The Bertz CT molecular complexity index is 483. The van der Waals surface area contributed by atoms with Gasteiger partial charge in [-0.05, 0) is 55.7 Å². The molecule has 1 aromatic rings. The summed E-state index contributed by atoms with van der Waals surface area (Å²) in [4.78, 5) is 0. The van der Waals surface area contributed by atoms with Crippen LogP contribution in [-0.2, 0) is 6.18 Å². The van der Waals surface area contributed by atoms with Crippen LogP contribution in [0.4, 0.5) is 13.2 Å². The number of rotatable bonds is 3. The zero-order chi connectivity index (χ0) is 14.3. The third-order valence-corrected chi connectivity index (χ3v) is 4.92. The molecule has 2 aliphatic rings. The van der Waals surface area contributed by atoms with Gasteiger partial charge in [0.15, 0.2) is 0 Å². The second kappa shape index (κ2) is 5.06. The molecule has 0 radical (unpaired) electrons. The second-order valence-corrected chi connectivity index (χ2v) is 6.29. The molecule has 0 amide bonds. The van der Waals surface area contributed by atoms with Gasteiger partial charge in [-0.2, -0.15) is 13.2 Å². The van der Waals surface area contributed by atoms with E-state index in [2.05, 4.69) is 5.32 Å². The third-order valence-electron chi connectivity index (χ3n) is 4.92. The molecule has 2 aliphatic carbocycles. The zero-order valence-electron chi connectivity index (χ0n) is 11.6. The van der Waals surface area contributed by atoms with E-state index in [4.69, 9.17) is 0 Å². The lowest BCUT2D eigenvalue weighted by Crippen LogP contribution is -2.35. The van der Waals surface area contributed by atoms with E-state index in [1.165, 1.54) is 37.8 Å². The Hall–Kier alpha value is -1.03. The summed E-state index contributed by atoms with van der Waals surface area (Å²) in [6.07, 6.45) is 0.835. The van der Waals surface area contributed by atoms with Crippen molar-refractivity contribution >= 4 is 0 Å². The Labute approximate surface area is 117 Å². The van der Waals surface area contributed by atoms with Crippen LogP contribution in [0, 0.1) is 11.8 Å². The van der Waals surface area contributed by atoms with Gasteiger partial charge in [0.1, 0.15) is 0 Å². The number of halogens is 3. The van der Waals surface area contributed by atoms with Crippen LogP contribution < -0.4 is 5.32 Å². The number of hydrogen-bond acceptors (Lipinski definition) is 1. The van der Waals surface area contributed by atoms with Gasteiger partial charge >= 0.3 is 6.18 Å². The smallest absolute Gasteiger partial charge is 0.307 e. The number of benzene rings is 1. The maximum atomic E-state index is 12.7. The molecule has 0 heterocycles. The minimum absolute atomic E-state index is 0.0263. The number of hydrogen-bond donors (Lipinski definition) is 1. The molecule has 110 valence electrons. The standard InChI is InChI=1S/C16H20F3N/c1-10(20-15-8-11-5-6-13(15)7-11)12-3-2-4-14(9-12)16(17,18)19/h2-4,9-11,13,15,20H,5-8H2,1H3. The lowest BCUT2D eigenvalue weighted by atomic mass is 9.94. The highest BCUT2D eigenvalue weighted by molar-refractivity contribution is 5.27. The summed E-state index contributed by atoms with van der Waals surface area (Å²) < 4.78 is 38.2. The second-order valence-electron chi connectivity index (χ2n) is 6.29. The molecule has 2 fully saturated rings. The van der Waals surface area contributed by atoms with Crippen LogP contribution in [0.25, 0.3) is 0 Å². The van der Waals surface area contributed by atoms with Crippen LogP contribution in [0.2, 0.25) is 0 Å². The highest BCUT2D eigenvalue weighted by Crippen LogP contribution is 2.45. The van der Waals surface area contributed by atoms with Crippen molar-refractivity contribution < 1.29 is 13.2 Å². The van der Waals surface area contributed by atoms with Gasteiger partial charge < -0.3 is 5.32 Å². The van der Waals surface area contributed by atoms with Crippen molar-refractivity contribution in [3.05, 3.63) is 35.4 Å². The van der Waals surface area contributed by atoms with Crippen LogP contribution in [0.1, 0.15) is 49.8 Å². The van der Waals surface area contributed by atoms with E-state index < -0.39 is 11.7 Å². The van der Waals surface area contributed by atoms with Crippen LogP contribution in [0.3, 0.4) is 0 Å². The minimum Gasteiger partial charge on any atom is -0.307 e. The third kappa shape index (κ3) is 2.71. The first-order valence-electron chi connectivity index (χ1n) is 7.36. The summed E-state index contributed by atoms with van der Waals surface area (Å²) in [5.74, 6) is 1.57. The summed E-state index contributed by atoms with van der Waals surface area (Å²) in [7, 11) is 0. The summed E-state index contributed by atoms with van der Waals surface area (Å²) >= 11 is 0. The molecule has 20 heavy (non-hydrogen) atoms. The molecule has 1 aromatic carbocycles. The topological polar surface area (TPSA) is 12.0 Å². The first kappa shape index (κ1) is 13.9. The molecule has 0 aromatic heterocycles. The largest absolute Gasteiger partial charge is 0.416 e. The maximum absolute atomic E-state index is 12.7. The minimum atomic E-state index is -4.26. The Kier molecular flexibility index (Phi) is 3.53. The Morgan fingerprint density at radius 3 is 2.60 bits per heavy atom. The van der Waals surface area contributed by atoms with E-state index in [0.29, 0.717) is 6.04 Å². The monoisotopic (exact) mass is 283 g/mol. The molecule has 2 bridgehead atoms. The van der Waals surface area contributed by atoms with Gasteiger partial charge in [-0.3, -0.25) is 0 Å². The molecule has 1 N–H and O–H groups in total. The first-order chi connectivity index (χ1) is 9.43. The lowest BCUT2D eigenvalue weighted by molar-refractivity contribution is -0.137. The fourth-order valence-electron chi connectivity index (χ4n) is 3.85. The molecule has 0 saturated heterocycles. The van der Waals surface area contributed by atoms with Crippen molar-refractivity contribution in [2.75, 3.05) is 0 Å². The van der Waals surface area contributed by atoms with Gasteiger partial charge in [-0.15, -0.1) is 0 Å². The Balaban J connectivity index is 1.69. The van der Waals surface area contributed by atoms with E-state index in [0.717, 1.165) is 23.5 Å². The van der Waals surface area contributed by atoms with E-state index in [9.17, 15) is 13.2 Å². The van der Waals surface area contributed by atoms with Gasteiger partial charge in [-0.1, -0.05) is 18.6 Å². The fraction of sp³-hybridized carbons (Fsp3) is 0.625. The lowest BCUT2D eigenvalue weighted by Gasteiger charge is -2.27. The highest BCUT2D eigenvalue weighted by Gasteiger charge is 2.40. The number of alkyl halides is 3. The summed E-state index contributed by atoms with van der Waals surface area (Å²) in [6.45, 7) is 1.96. The molecular weight excluding hydrogens is 263 g/mol. The predicted octanol–water partition coefficient (Wildman–Crippen LogP) is 4.54. The quantitative estimate of drug-likeness (QED) is 0.858. The molecule has 3 rings (SSSR count). The van der Waals surface area contributed by atoms with Gasteiger partial charge in [0.25, 0.3) is 0 Å². The normalized spacial score (nSPS) is 30.7. The van der Waals surface area contributed by atoms with Crippen molar-refractivity contribution in [2.45, 2.75) is 50.9 Å². The van der Waals surface area contributed by atoms with E-state index >= 15 is 0 Å². The number of nitrogens with one attached hydrogen (secondary N) is 1. The van der Waals surface area contributed by atoms with Crippen molar-refractivity contribution in [3.63, 3.8) is 0 Å². The summed E-state index contributed by atoms with van der Waals surface area (Å²) in [5, 5.41) is 3.54. The van der Waals surface area contributed by atoms with Crippen molar-refractivity contribution in [1.29, 1.82) is 0 Å². The van der Waals surface area contributed by atoms with Crippen LogP contribution >= 0.6 is 0 Å². The van der Waals surface area contributed by atoms with Crippen LogP contribution in [-0.4, -0.2) is 6.04 Å². The Morgan fingerprint density at radius 1 is 1.20 bits per heavy atom. The highest BCUT2D eigenvalue weighted by atomic mass is 19.4. The molecule has 1 nitrogen and oxygen atoms in total. The van der Waals surface area contributed by atoms with E-state index in [1.54, 1.807) is 6.07 Å². The van der Waals surface area contributed by atoms with Crippen molar-refractivity contribution in [2.24, 2.45) is 11.8 Å². The summed E-state index contributed by atoms with van der Waals surface area (Å²) in [6, 6.07) is 6.13. The van der Waals surface area contributed by atoms with Gasteiger partial charge in [0, 0.05) is 12.1 Å². The van der Waals surface area contributed by atoms with Gasteiger partial charge in [-0.25, -0.2) is 0 Å². The van der Waals surface area contributed by atoms with Gasteiger partial charge in [0.05, 0.1) is 5.56 Å². The Morgan fingerprint density at radius 2 is 2.00 bits per heavy atom. The fourth-order valence-corrected chi connectivity index (χ4v) is 3.85. The summed E-state index contributed by atoms with van der Waals surface area (Å²) in [5.41, 5.74) is 0.166. The van der Waals surface area contributed by atoms with Crippen LogP contribution in [0.5, 0.6) is 0 Å². The van der Waals surface area contributed by atoms with E-state index in [1.807, 2.05) is 6.92 Å². The average Bonchev–Trinajstić information content (AvgIpc) is 3.00. The molecular formula is C16H20F3N. The molecule has 4 unspecified atom stereocenters. The van der Waals surface area contributed by atoms with Crippen LogP contribution in [0.15, 0.2) is 24.3 Å². The zero-order valence-corrected chi connectivity index (χ0v) is 11.6. The van der Waals surface area contributed by atoms with Crippen molar-refractivity contribution in [1.82, 2.24) is 5.32 Å². The molecule has 2 saturated carbocycles. The predicted molar refractivity (Wildman–Crippen MR) is 72.2 cm³/mol. The van der Waals surface area contributed by atoms with Gasteiger partial charge in [0.2, 0.25) is 0 Å². The van der Waals surface area contributed by atoms with Crippen molar-refractivity contribution in [3.8, 4) is 0 Å². The first-order valence-corrected chi connectivity index (χ1v) is 7.36. The molecule has 0 aliphatic heterocycles. The van der Waals surface area contributed by atoms with E-state index in [-0.39, 0.29) is 6.04 Å². The number of fused-ring (bicyclic) bond motifs is 2. The molecule has 4 atom stereocenters. The molecule has 4 heteroatoms.